The molecule has 2 fully saturated rings. The number of aromatic nitrogens is 1. The normalized spacial score (nSPS) is 17.7. The van der Waals surface area contributed by atoms with Gasteiger partial charge in [-0.25, -0.2) is 0 Å². The van der Waals surface area contributed by atoms with Crippen LogP contribution < -0.4 is 37.6 Å². The quantitative estimate of drug-likeness (QED) is 0.0572. The molecule has 2 saturated heterocycles. The molecule has 0 spiro atoms. The third-order valence-electron chi connectivity index (χ3n) is 10.0. The number of carboxylic acids is 2. The monoisotopic (exact) mass is 908 g/mol. The number of halogens is 1. The van der Waals surface area contributed by atoms with Crippen molar-refractivity contribution in [3.63, 3.8) is 0 Å². The highest BCUT2D eigenvalue weighted by molar-refractivity contribution is 6.33. The maximum atomic E-state index is 13.1. The molecular formula is C41H49ClN10O12. The summed E-state index contributed by atoms with van der Waals surface area (Å²) < 4.78 is 0. The van der Waals surface area contributed by atoms with Gasteiger partial charge in [0.2, 0.25) is 23.6 Å². The predicted octanol–water partition coefficient (Wildman–Crippen LogP) is -1.69. The van der Waals surface area contributed by atoms with Crippen LogP contribution >= 0.6 is 11.6 Å². The largest absolute Gasteiger partial charge is 0.481 e. The van der Waals surface area contributed by atoms with Crippen LogP contribution in [0.15, 0.2) is 54.7 Å². The molecule has 0 unspecified atom stereocenters. The Morgan fingerprint density at radius 1 is 0.766 bits per heavy atom. The van der Waals surface area contributed by atoms with Gasteiger partial charge < -0.3 is 67.2 Å². The van der Waals surface area contributed by atoms with Crippen LogP contribution in [0.3, 0.4) is 0 Å². The summed E-state index contributed by atoms with van der Waals surface area (Å²) in [6.07, 6.45) is 1.05. The Kier molecular flexibility index (Phi) is 18.2. The van der Waals surface area contributed by atoms with Gasteiger partial charge in [-0.15, -0.1) is 0 Å². The van der Waals surface area contributed by atoms with Gasteiger partial charge in [0, 0.05) is 56.4 Å². The Hall–Kier alpha value is -7.04. The zero-order valence-corrected chi connectivity index (χ0v) is 35.5. The van der Waals surface area contributed by atoms with E-state index in [1.54, 1.807) is 18.2 Å². The van der Waals surface area contributed by atoms with Crippen LogP contribution in [0.5, 0.6) is 0 Å². The van der Waals surface area contributed by atoms with E-state index in [1.165, 1.54) is 48.0 Å². The number of nitrogens with two attached hydrogens (primary N) is 1. The van der Waals surface area contributed by atoms with Gasteiger partial charge >= 0.3 is 11.9 Å². The molecule has 3 heterocycles. The first kappa shape index (κ1) is 49.6. The second-order valence-corrected chi connectivity index (χ2v) is 15.1. The second kappa shape index (κ2) is 23.4. The van der Waals surface area contributed by atoms with Gasteiger partial charge in [0.25, 0.3) is 11.8 Å². The number of benzene rings is 2. The fourth-order valence-corrected chi connectivity index (χ4v) is 6.92. The number of nitrogens with one attached hydrogen (secondary N) is 6. The van der Waals surface area contributed by atoms with Crippen molar-refractivity contribution in [2.24, 2.45) is 0 Å². The van der Waals surface area contributed by atoms with E-state index in [2.05, 4.69) is 36.9 Å². The number of carbonyl (C=O) groups excluding carboxylic acids is 8. The van der Waals surface area contributed by atoms with E-state index in [0.29, 0.717) is 36.7 Å². The maximum absolute atomic E-state index is 13.1. The van der Waals surface area contributed by atoms with E-state index in [0.717, 1.165) is 5.39 Å². The molecule has 22 nitrogen and oxygen atoms in total. The highest BCUT2D eigenvalue weighted by Crippen LogP contribution is 2.20. The van der Waals surface area contributed by atoms with Crippen LogP contribution in [0.25, 0.3) is 10.8 Å². The van der Waals surface area contributed by atoms with Gasteiger partial charge in [0.1, 0.15) is 42.4 Å². The number of amides is 6. The first-order valence-electron chi connectivity index (χ1n) is 19.9. The Labute approximate surface area is 371 Å². The van der Waals surface area contributed by atoms with Gasteiger partial charge in [0.15, 0.2) is 0 Å². The lowest BCUT2D eigenvalue weighted by atomic mass is 10.1. The Morgan fingerprint density at radius 2 is 1.27 bits per heavy atom. The minimum atomic E-state index is -1.24. The van der Waals surface area contributed by atoms with E-state index in [-0.39, 0.29) is 42.5 Å². The zero-order valence-electron chi connectivity index (χ0n) is 34.7. The number of pyridine rings is 1. The summed E-state index contributed by atoms with van der Waals surface area (Å²) in [5, 5.41) is 35.2. The van der Waals surface area contributed by atoms with Gasteiger partial charge in [-0.2, -0.15) is 0 Å². The number of nitrogen functional groups attached to an aromatic ring is 1. The van der Waals surface area contributed by atoms with Crippen molar-refractivity contribution in [1.29, 1.82) is 0 Å². The summed E-state index contributed by atoms with van der Waals surface area (Å²) in [4.78, 5) is 127. The average Bonchev–Trinajstić information content (AvgIpc) is 3.28. The SMILES string of the molecule is C[C@H](NC(=O)c1ccc(N)c(Cl)c1)C(=O)N1CCNC[C@H]1C(=O)N[C@H](C=O)CC(=O)O.C[C@H](NC(=O)c1nccc2ccccc12)C(=O)N1CCNC[C@H]1C(=O)N[C@H](C=O)CC(=O)O. The first-order chi connectivity index (χ1) is 30.4. The topological polar surface area (TPSA) is 329 Å². The van der Waals surface area contributed by atoms with Crippen molar-refractivity contribution < 1.29 is 58.2 Å². The molecule has 5 rings (SSSR count). The van der Waals surface area contributed by atoms with Crippen LogP contribution in [-0.2, 0) is 38.4 Å². The van der Waals surface area contributed by atoms with Crippen molar-refractivity contribution in [2.75, 3.05) is 45.0 Å². The van der Waals surface area contributed by atoms with Gasteiger partial charge in [0.05, 0.1) is 35.6 Å². The number of carboxylic acid groups (broad SMARTS) is 2. The summed E-state index contributed by atoms with van der Waals surface area (Å²) in [6.45, 7) is 4.50. The molecule has 342 valence electrons. The number of rotatable bonds is 16. The summed E-state index contributed by atoms with van der Waals surface area (Å²) >= 11 is 5.92. The molecule has 0 saturated carbocycles. The summed E-state index contributed by atoms with van der Waals surface area (Å²) in [5.41, 5.74) is 6.34. The number of hydrogen-bond acceptors (Lipinski definition) is 14. The third kappa shape index (κ3) is 13.5. The van der Waals surface area contributed by atoms with E-state index in [1.807, 2.05) is 12.1 Å². The molecule has 2 aliphatic rings. The number of anilines is 1. The molecule has 1 aromatic heterocycles. The molecule has 0 aliphatic carbocycles. The molecule has 6 atom stereocenters. The lowest BCUT2D eigenvalue weighted by molar-refractivity contribution is -0.144. The smallest absolute Gasteiger partial charge is 0.305 e. The number of piperazine rings is 2. The van der Waals surface area contributed by atoms with Crippen molar-refractivity contribution in [2.45, 2.75) is 62.9 Å². The fraction of sp³-hybridized carbons (Fsp3) is 0.390. The number of aliphatic carboxylic acids is 2. The van der Waals surface area contributed by atoms with Crippen molar-refractivity contribution in [1.82, 2.24) is 46.7 Å². The molecule has 2 aliphatic heterocycles. The van der Waals surface area contributed by atoms with Gasteiger partial charge in [-0.3, -0.25) is 43.3 Å². The molecule has 2 aromatic carbocycles. The van der Waals surface area contributed by atoms with Crippen molar-refractivity contribution >= 4 is 88.0 Å². The van der Waals surface area contributed by atoms with Crippen LogP contribution in [0, 0.1) is 0 Å². The lowest BCUT2D eigenvalue weighted by Crippen LogP contribution is -2.63. The highest BCUT2D eigenvalue weighted by atomic mass is 35.5. The zero-order chi connectivity index (χ0) is 47.1. The molecule has 6 amide bonds. The average molecular weight is 909 g/mol. The molecule has 64 heavy (non-hydrogen) atoms. The number of fused-ring (bicyclic) bond motifs is 1. The van der Waals surface area contributed by atoms with Crippen LogP contribution in [0.1, 0.15) is 47.5 Å². The van der Waals surface area contributed by atoms with Gasteiger partial charge in [-0.05, 0) is 43.5 Å². The molecule has 10 N–H and O–H groups in total. The fourth-order valence-electron chi connectivity index (χ4n) is 6.74. The summed E-state index contributed by atoms with van der Waals surface area (Å²) in [5.74, 6) is -5.84. The lowest BCUT2D eigenvalue weighted by Gasteiger charge is -2.37. The molecule has 0 radical (unpaired) electrons. The van der Waals surface area contributed by atoms with E-state index in [9.17, 15) is 47.9 Å². The maximum Gasteiger partial charge on any atom is 0.305 e. The highest BCUT2D eigenvalue weighted by Gasteiger charge is 2.37. The number of nitrogens with zero attached hydrogens (tertiary/aromatic N) is 3. The second-order valence-electron chi connectivity index (χ2n) is 14.7. The van der Waals surface area contributed by atoms with Crippen LogP contribution in [0.4, 0.5) is 5.69 Å². The van der Waals surface area contributed by atoms with Crippen molar-refractivity contribution in [3.05, 3.63) is 71.0 Å². The van der Waals surface area contributed by atoms with E-state index >= 15 is 0 Å². The molecule has 23 heteroatoms. The minimum absolute atomic E-state index is 0.116. The molecular weight excluding hydrogens is 860 g/mol. The van der Waals surface area contributed by atoms with E-state index < -0.39 is 96.5 Å². The first-order valence-corrected chi connectivity index (χ1v) is 20.3. The Balaban J connectivity index is 0.000000281. The van der Waals surface area contributed by atoms with Crippen LogP contribution in [0.2, 0.25) is 5.02 Å². The Bertz CT molecular complexity index is 2260. The molecule has 3 aromatic rings. The van der Waals surface area contributed by atoms with Crippen LogP contribution in [-0.4, -0.2) is 160 Å². The number of carbonyl (C=O) groups is 10. The minimum Gasteiger partial charge on any atom is -0.481 e. The van der Waals surface area contributed by atoms with Crippen molar-refractivity contribution in [3.8, 4) is 0 Å². The number of hydrogen-bond donors (Lipinski definition) is 9. The predicted molar refractivity (Wildman–Crippen MR) is 229 cm³/mol. The Morgan fingerprint density at radius 3 is 1.75 bits per heavy atom. The van der Waals surface area contributed by atoms with Gasteiger partial charge in [-0.1, -0.05) is 35.9 Å². The van der Waals surface area contributed by atoms with E-state index in [4.69, 9.17) is 27.5 Å². The summed E-state index contributed by atoms with van der Waals surface area (Å²) in [7, 11) is 0. The third-order valence-corrected chi connectivity index (χ3v) is 10.3. The number of aldehydes is 2. The summed E-state index contributed by atoms with van der Waals surface area (Å²) in [6, 6.07) is 7.09. The standard InChI is InChI=1S/C22H25N5O6.C19H24ClN5O6/c1-13(25-21(32)19-16-5-3-2-4-14(16)6-7-24-19)22(33)27-9-8-23-11-17(27)20(31)26-15(12-28)10-18(29)30;1-10(23-17(29)11-2-3-14(21)13(20)6-11)19(31)25-5-4-22-8-15(25)18(30)24-12(9-26)7-16(27)28/h2-7,12-13,15,17,23H,8-11H2,1H3,(H,25,32)(H,26,31)(H,29,30);2-3,6,9-10,12,15,22H,4-5,7-8,21H2,1H3,(H,23,29)(H,24,30)(H,27,28)/t13-,15-,17-;10-,12-,15-/m00/s1. The molecule has 0 bridgehead atoms.